The smallest absolute Gasteiger partial charge is 0.243 e. The number of alkyl halides is 1. The molecule has 5 heteroatoms. The predicted molar refractivity (Wildman–Crippen MR) is 78.5 cm³/mol. The first-order valence-electron chi connectivity index (χ1n) is 6.72. The van der Waals surface area contributed by atoms with Crippen molar-refractivity contribution in [3.63, 3.8) is 0 Å². The zero-order chi connectivity index (χ0) is 14.8. The number of fused-ring (bicyclic) bond motifs is 1. The molecule has 1 heterocycles. The third-order valence-corrected chi connectivity index (χ3v) is 3.24. The number of halogens is 1. The second-order valence-corrected chi connectivity index (χ2v) is 6.29. The molecule has 2 rings (SSSR count). The van der Waals surface area contributed by atoms with Gasteiger partial charge in [0.15, 0.2) is 11.5 Å². The van der Waals surface area contributed by atoms with Crippen LogP contribution >= 0.6 is 11.6 Å². The van der Waals surface area contributed by atoms with Crippen molar-refractivity contribution in [3.05, 3.63) is 23.8 Å². The molecule has 0 fully saturated rings. The molecule has 0 bridgehead atoms. The van der Waals surface area contributed by atoms with Crippen LogP contribution in [-0.2, 0) is 4.79 Å². The van der Waals surface area contributed by atoms with E-state index >= 15 is 0 Å². The van der Waals surface area contributed by atoms with Crippen molar-refractivity contribution in [2.75, 3.05) is 13.2 Å². The number of carbonyl (C=O) groups excluding carboxylic acids is 1. The molecule has 1 unspecified atom stereocenters. The summed E-state index contributed by atoms with van der Waals surface area (Å²) in [6.07, 6.45) is 0.846. The standard InChI is InChI=1S/C15H20ClNO3/c1-15(2,3)17-14(18)13(16)10-5-6-11-12(9-10)20-8-4-7-19-11/h5-6,9,13H,4,7-8H2,1-3H3,(H,17,18). The van der Waals surface area contributed by atoms with E-state index in [-0.39, 0.29) is 11.4 Å². The Hall–Kier alpha value is -1.42. The van der Waals surface area contributed by atoms with Gasteiger partial charge in [0.25, 0.3) is 0 Å². The van der Waals surface area contributed by atoms with E-state index in [0.29, 0.717) is 30.3 Å². The van der Waals surface area contributed by atoms with Crippen LogP contribution in [0.15, 0.2) is 18.2 Å². The molecule has 0 spiro atoms. The number of nitrogens with one attached hydrogen (secondary N) is 1. The van der Waals surface area contributed by atoms with Gasteiger partial charge in [-0.25, -0.2) is 0 Å². The Morgan fingerprint density at radius 1 is 1.25 bits per heavy atom. The Bertz CT molecular complexity index is 496. The highest BCUT2D eigenvalue weighted by Crippen LogP contribution is 2.34. The average Bonchev–Trinajstić information content (AvgIpc) is 2.59. The Morgan fingerprint density at radius 3 is 2.55 bits per heavy atom. The lowest BCUT2D eigenvalue weighted by Gasteiger charge is -2.22. The quantitative estimate of drug-likeness (QED) is 0.854. The summed E-state index contributed by atoms with van der Waals surface area (Å²) in [5, 5.41) is 2.12. The van der Waals surface area contributed by atoms with Gasteiger partial charge in [0, 0.05) is 12.0 Å². The minimum Gasteiger partial charge on any atom is -0.490 e. The fourth-order valence-corrected chi connectivity index (χ4v) is 2.11. The number of hydrogen-bond donors (Lipinski definition) is 1. The molecule has 1 atom stereocenters. The summed E-state index contributed by atoms with van der Waals surface area (Å²) in [5.41, 5.74) is 0.396. The van der Waals surface area contributed by atoms with E-state index in [1.807, 2.05) is 20.8 Å². The lowest BCUT2D eigenvalue weighted by atomic mass is 10.1. The van der Waals surface area contributed by atoms with Crippen molar-refractivity contribution in [1.82, 2.24) is 5.32 Å². The fourth-order valence-electron chi connectivity index (χ4n) is 1.92. The molecule has 0 saturated carbocycles. The van der Waals surface area contributed by atoms with Crippen LogP contribution in [-0.4, -0.2) is 24.7 Å². The second kappa shape index (κ2) is 5.92. The lowest BCUT2D eigenvalue weighted by molar-refractivity contribution is -0.122. The molecular formula is C15H20ClNO3. The molecule has 110 valence electrons. The molecule has 1 N–H and O–H groups in total. The van der Waals surface area contributed by atoms with E-state index in [1.165, 1.54) is 0 Å². The number of amides is 1. The van der Waals surface area contributed by atoms with Crippen molar-refractivity contribution in [2.45, 2.75) is 38.1 Å². The van der Waals surface area contributed by atoms with Crippen LogP contribution in [0.5, 0.6) is 11.5 Å². The van der Waals surface area contributed by atoms with Gasteiger partial charge in [0.05, 0.1) is 13.2 Å². The average molecular weight is 298 g/mol. The largest absolute Gasteiger partial charge is 0.490 e. The number of hydrogen-bond acceptors (Lipinski definition) is 3. The number of rotatable bonds is 2. The van der Waals surface area contributed by atoms with E-state index in [4.69, 9.17) is 21.1 Å². The number of ether oxygens (including phenoxy) is 2. The first-order chi connectivity index (χ1) is 9.37. The zero-order valence-electron chi connectivity index (χ0n) is 12.0. The summed E-state index contributed by atoms with van der Waals surface area (Å²) in [7, 11) is 0. The van der Waals surface area contributed by atoms with E-state index in [9.17, 15) is 4.79 Å². The number of carbonyl (C=O) groups is 1. The zero-order valence-corrected chi connectivity index (χ0v) is 12.8. The lowest BCUT2D eigenvalue weighted by Crippen LogP contribution is -2.42. The van der Waals surface area contributed by atoms with Crippen LogP contribution in [0.2, 0.25) is 0 Å². The van der Waals surface area contributed by atoms with Crippen LogP contribution in [0.1, 0.15) is 38.1 Å². The van der Waals surface area contributed by atoms with Crippen molar-refractivity contribution in [3.8, 4) is 11.5 Å². The molecule has 1 aliphatic rings. The van der Waals surface area contributed by atoms with Crippen LogP contribution in [0.3, 0.4) is 0 Å². The minimum atomic E-state index is -0.744. The summed E-state index contributed by atoms with van der Waals surface area (Å²) >= 11 is 6.24. The minimum absolute atomic E-state index is 0.214. The molecule has 0 aliphatic carbocycles. The molecule has 0 aromatic heterocycles. The summed E-state index contributed by atoms with van der Waals surface area (Å²) in [6.45, 7) is 7.01. The van der Waals surface area contributed by atoms with Gasteiger partial charge in [-0.2, -0.15) is 0 Å². The summed E-state index contributed by atoms with van der Waals surface area (Å²) in [6, 6.07) is 5.38. The van der Waals surface area contributed by atoms with Gasteiger partial charge in [0.2, 0.25) is 5.91 Å². The molecule has 1 aliphatic heterocycles. The Morgan fingerprint density at radius 2 is 1.90 bits per heavy atom. The van der Waals surface area contributed by atoms with Gasteiger partial charge >= 0.3 is 0 Å². The van der Waals surface area contributed by atoms with Gasteiger partial charge in [-0.3, -0.25) is 4.79 Å². The van der Waals surface area contributed by atoms with Gasteiger partial charge in [-0.1, -0.05) is 6.07 Å². The Kier molecular flexibility index (Phi) is 4.43. The highest BCUT2D eigenvalue weighted by Gasteiger charge is 2.23. The highest BCUT2D eigenvalue weighted by molar-refractivity contribution is 6.30. The topological polar surface area (TPSA) is 47.6 Å². The van der Waals surface area contributed by atoms with Gasteiger partial charge in [-0.15, -0.1) is 11.6 Å². The van der Waals surface area contributed by atoms with E-state index in [1.54, 1.807) is 18.2 Å². The molecule has 0 radical (unpaired) electrons. The Labute approximate surface area is 124 Å². The molecule has 20 heavy (non-hydrogen) atoms. The fraction of sp³-hybridized carbons (Fsp3) is 0.533. The second-order valence-electron chi connectivity index (χ2n) is 5.86. The SMILES string of the molecule is CC(C)(C)NC(=O)C(Cl)c1ccc2c(c1)OCCCO2. The van der Waals surface area contributed by atoms with E-state index in [0.717, 1.165) is 6.42 Å². The normalized spacial score (nSPS) is 16.2. The monoisotopic (exact) mass is 297 g/mol. The molecular weight excluding hydrogens is 278 g/mol. The van der Waals surface area contributed by atoms with E-state index in [2.05, 4.69) is 5.32 Å². The van der Waals surface area contributed by atoms with Crippen molar-refractivity contribution in [1.29, 1.82) is 0 Å². The maximum absolute atomic E-state index is 12.1. The van der Waals surface area contributed by atoms with Crippen LogP contribution in [0, 0.1) is 0 Å². The molecule has 4 nitrogen and oxygen atoms in total. The molecule has 0 saturated heterocycles. The van der Waals surface area contributed by atoms with Gasteiger partial charge < -0.3 is 14.8 Å². The van der Waals surface area contributed by atoms with Crippen molar-refractivity contribution < 1.29 is 14.3 Å². The molecule has 1 aromatic rings. The molecule has 1 amide bonds. The van der Waals surface area contributed by atoms with Gasteiger partial charge in [0.1, 0.15) is 5.38 Å². The van der Waals surface area contributed by atoms with Crippen LogP contribution < -0.4 is 14.8 Å². The first-order valence-corrected chi connectivity index (χ1v) is 7.16. The van der Waals surface area contributed by atoms with Crippen LogP contribution in [0.25, 0.3) is 0 Å². The predicted octanol–water partition coefficient (Wildman–Crippen LogP) is 3.04. The maximum Gasteiger partial charge on any atom is 0.243 e. The highest BCUT2D eigenvalue weighted by atomic mass is 35.5. The third-order valence-electron chi connectivity index (χ3n) is 2.79. The third kappa shape index (κ3) is 3.79. The Balaban J connectivity index is 2.16. The van der Waals surface area contributed by atoms with E-state index < -0.39 is 5.38 Å². The maximum atomic E-state index is 12.1. The summed E-state index contributed by atoms with van der Waals surface area (Å²) in [5.74, 6) is 1.13. The molecule has 1 aromatic carbocycles. The van der Waals surface area contributed by atoms with Crippen LogP contribution in [0.4, 0.5) is 0 Å². The summed E-state index contributed by atoms with van der Waals surface area (Å²) < 4.78 is 11.2. The van der Waals surface area contributed by atoms with Crippen molar-refractivity contribution in [2.24, 2.45) is 0 Å². The van der Waals surface area contributed by atoms with Crippen molar-refractivity contribution >= 4 is 17.5 Å². The number of benzene rings is 1. The first kappa shape index (κ1) is 15.0. The summed E-state index contributed by atoms with van der Waals surface area (Å²) in [4.78, 5) is 12.1. The van der Waals surface area contributed by atoms with Gasteiger partial charge in [-0.05, 0) is 38.5 Å².